The number of hydrogen-bond donors (Lipinski definition) is 2. The van der Waals surface area contributed by atoms with E-state index in [2.05, 4.69) is 41.4 Å². The van der Waals surface area contributed by atoms with Gasteiger partial charge in [0.05, 0.1) is 23.3 Å². The molecule has 0 aliphatic carbocycles. The molecule has 204 valence electrons. The number of aromatic nitrogens is 5. The van der Waals surface area contributed by atoms with Gasteiger partial charge in [-0.25, -0.2) is 19.4 Å². The third kappa shape index (κ3) is 5.55. The van der Waals surface area contributed by atoms with Crippen LogP contribution in [0.3, 0.4) is 0 Å². The number of para-hydroxylation sites is 1. The predicted octanol–water partition coefficient (Wildman–Crippen LogP) is 5.97. The third-order valence-electron chi connectivity index (χ3n) is 6.19. The Morgan fingerprint density at radius 1 is 1.00 bits per heavy atom. The number of nitrogens with zero attached hydrogens (tertiary/aromatic N) is 5. The Morgan fingerprint density at radius 2 is 1.77 bits per heavy atom. The van der Waals surface area contributed by atoms with E-state index in [1.54, 1.807) is 36.1 Å². The molecule has 2 aromatic carbocycles. The Bertz CT molecular complexity index is 1760. The van der Waals surface area contributed by atoms with Crippen LogP contribution in [-0.2, 0) is 12.5 Å². The van der Waals surface area contributed by atoms with Gasteiger partial charge >= 0.3 is 6.03 Å². The largest absolute Gasteiger partial charge is 0.455 e. The first-order valence-electron chi connectivity index (χ1n) is 12.5. The van der Waals surface area contributed by atoms with Crippen molar-refractivity contribution in [3.05, 3.63) is 89.1 Å². The molecular weight excluding hydrogens is 526 g/mol. The van der Waals surface area contributed by atoms with Gasteiger partial charge in [0.25, 0.3) is 5.56 Å². The van der Waals surface area contributed by atoms with Crippen LogP contribution in [0.15, 0.2) is 82.7 Å². The Labute approximate surface area is 235 Å². The molecule has 0 unspecified atom stereocenters. The fraction of sp³-hybridized carbons (Fsp3) is 0.207. The van der Waals surface area contributed by atoms with Crippen molar-refractivity contribution in [3.8, 4) is 17.2 Å². The van der Waals surface area contributed by atoms with Crippen LogP contribution in [0.2, 0.25) is 0 Å². The molecule has 5 rings (SSSR count). The summed E-state index contributed by atoms with van der Waals surface area (Å²) < 4.78 is 9.26. The van der Waals surface area contributed by atoms with Crippen molar-refractivity contribution in [2.45, 2.75) is 31.1 Å². The van der Waals surface area contributed by atoms with E-state index >= 15 is 0 Å². The number of pyridine rings is 1. The van der Waals surface area contributed by atoms with Gasteiger partial charge < -0.3 is 10.1 Å². The second kappa shape index (κ2) is 10.9. The van der Waals surface area contributed by atoms with Crippen molar-refractivity contribution in [2.75, 3.05) is 16.9 Å². The molecule has 0 fully saturated rings. The second-order valence-corrected chi connectivity index (χ2v) is 10.9. The maximum Gasteiger partial charge on any atom is 0.324 e. The molecule has 40 heavy (non-hydrogen) atoms. The quantitative estimate of drug-likeness (QED) is 0.248. The first-order valence-corrected chi connectivity index (χ1v) is 13.8. The number of thioether (sulfide) groups is 1. The molecule has 0 aliphatic heterocycles. The van der Waals surface area contributed by atoms with Crippen molar-refractivity contribution in [3.63, 3.8) is 0 Å². The fourth-order valence-corrected chi connectivity index (χ4v) is 4.60. The number of aryl methyl sites for hydroxylation is 1. The maximum absolute atomic E-state index is 13.1. The number of hydrogen-bond acceptors (Lipinski definition) is 7. The molecule has 0 bridgehead atoms. The van der Waals surface area contributed by atoms with Gasteiger partial charge in [-0.2, -0.15) is 5.10 Å². The standard InChI is InChI=1S/C29H29N7O3S/c1-29(2,3)23-16-24(36(34-23)18-9-7-6-8-10-18)33-28(38)32-20-12-11-19(15-22(20)40-5)39-21-13-14-30-27-26(21)31-17-25(37)35(27)4/h6-17H,1-5H3,(H2,32,33,38). The molecule has 0 radical (unpaired) electrons. The lowest BCUT2D eigenvalue weighted by Crippen LogP contribution is -2.21. The van der Waals surface area contributed by atoms with Crippen LogP contribution in [0.4, 0.5) is 16.3 Å². The zero-order valence-corrected chi connectivity index (χ0v) is 23.6. The van der Waals surface area contributed by atoms with Crippen LogP contribution in [-0.4, -0.2) is 36.6 Å². The molecule has 0 aliphatic rings. The predicted molar refractivity (Wildman–Crippen MR) is 158 cm³/mol. The summed E-state index contributed by atoms with van der Waals surface area (Å²) in [6.07, 6.45) is 4.73. The van der Waals surface area contributed by atoms with E-state index in [0.29, 0.717) is 34.2 Å². The van der Waals surface area contributed by atoms with Gasteiger partial charge in [-0.05, 0) is 36.6 Å². The van der Waals surface area contributed by atoms with Crippen molar-refractivity contribution < 1.29 is 9.53 Å². The molecule has 3 heterocycles. The van der Waals surface area contributed by atoms with Gasteiger partial charge in [0.2, 0.25) is 0 Å². The fourth-order valence-electron chi connectivity index (χ4n) is 4.02. The topological polar surface area (TPSA) is 116 Å². The molecule has 0 saturated carbocycles. The lowest BCUT2D eigenvalue weighted by atomic mass is 9.92. The average molecular weight is 556 g/mol. The highest BCUT2D eigenvalue weighted by Gasteiger charge is 2.22. The number of nitrogens with one attached hydrogen (secondary N) is 2. The van der Waals surface area contributed by atoms with Crippen molar-refractivity contribution >= 4 is 40.5 Å². The summed E-state index contributed by atoms with van der Waals surface area (Å²) in [4.78, 5) is 34.3. The highest BCUT2D eigenvalue weighted by Crippen LogP contribution is 2.34. The summed E-state index contributed by atoms with van der Waals surface area (Å²) in [7, 11) is 1.64. The Balaban J connectivity index is 1.38. The van der Waals surface area contributed by atoms with Gasteiger partial charge in [-0.15, -0.1) is 11.8 Å². The van der Waals surface area contributed by atoms with E-state index in [4.69, 9.17) is 9.84 Å². The molecule has 0 saturated heterocycles. The van der Waals surface area contributed by atoms with Crippen molar-refractivity contribution in [1.82, 2.24) is 24.3 Å². The number of amides is 2. The van der Waals surface area contributed by atoms with E-state index < -0.39 is 6.03 Å². The van der Waals surface area contributed by atoms with E-state index in [-0.39, 0.29) is 11.0 Å². The monoisotopic (exact) mass is 555 g/mol. The number of carbonyl (C=O) groups excluding carboxylic acids is 1. The van der Waals surface area contributed by atoms with Crippen molar-refractivity contribution in [1.29, 1.82) is 0 Å². The summed E-state index contributed by atoms with van der Waals surface area (Å²) in [6, 6.07) is 18.2. The average Bonchev–Trinajstić information content (AvgIpc) is 3.36. The summed E-state index contributed by atoms with van der Waals surface area (Å²) in [5, 5.41) is 10.6. The van der Waals surface area contributed by atoms with Crippen LogP contribution in [0.1, 0.15) is 26.5 Å². The van der Waals surface area contributed by atoms with Crippen LogP contribution in [0.5, 0.6) is 11.5 Å². The molecule has 5 aromatic rings. The first-order chi connectivity index (χ1) is 19.1. The Morgan fingerprint density at radius 3 is 2.50 bits per heavy atom. The second-order valence-electron chi connectivity index (χ2n) is 10.1. The highest BCUT2D eigenvalue weighted by molar-refractivity contribution is 7.98. The molecule has 10 nitrogen and oxygen atoms in total. The number of ether oxygens (including phenoxy) is 1. The van der Waals surface area contributed by atoms with Crippen LogP contribution in [0, 0.1) is 0 Å². The zero-order valence-electron chi connectivity index (χ0n) is 22.8. The number of carbonyl (C=O) groups is 1. The molecule has 11 heteroatoms. The molecule has 3 aromatic heterocycles. The van der Waals surface area contributed by atoms with Gasteiger partial charge in [-0.3, -0.25) is 14.7 Å². The third-order valence-corrected chi connectivity index (χ3v) is 6.97. The smallest absolute Gasteiger partial charge is 0.324 e. The molecule has 0 atom stereocenters. The number of benzene rings is 2. The SMILES string of the molecule is CSc1cc(Oc2ccnc3c2ncc(=O)n3C)ccc1NC(=O)Nc1cc(C(C)(C)C)nn1-c1ccccc1. The number of anilines is 2. The molecule has 0 spiro atoms. The maximum atomic E-state index is 13.1. The molecular formula is C29H29N7O3S. The minimum atomic E-state index is -0.397. The van der Waals surface area contributed by atoms with Gasteiger partial charge in [-0.1, -0.05) is 39.0 Å². The van der Waals surface area contributed by atoms with Crippen molar-refractivity contribution in [2.24, 2.45) is 7.05 Å². The van der Waals surface area contributed by atoms with E-state index in [1.165, 1.54) is 22.5 Å². The lowest BCUT2D eigenvalue weighted by molar-refractivity contribution is 0.262. The Kier molecular flexibility index (Phi) is 7.31. The van der Waals surface area contributed by atoms with Gasteiger partial charge in [0, 0.05) is 35.7 Å². The van der Waals surface area contributed by atoms with Crippen LogP contribution >= 0.6 is 11.8 Å². The summed E-state index contributed by atoms with van der Waals surface area (Å²) in [5.41, 5.74) is 2.78. The van der Waals surface area contributed by atoms with E-state index in [1.807, 2.05) is 48.7 Å². The van der Waals surface area contributed by atoms with Crippen LogP contribution < -0.4 is 20.9 Å². The number of rotatable bonds is 6. The minimum Gasteiger partial charge on any atom is -0.455 e. The summed E-state index contributed by atoms with van der Waals surface area (Å²) in [5.74, 6) is 1.58. The first kappa shape index (κ1) is 26.9. The van der Waals surface area contributed by atoms with Gasteiger partial charge in [0.15, 0.2) is 11.4 Å². The minimum absolute atomic E-state index is 0.195. The van der Waals surface area contributed by atoms with E-state index in [9.17, 15) is 9.59 Å². The van der Waals surface area contributed by atoms with Gasteiger partial charge in [0.1, 0.15) is 17.1 Å². The number of urea groups is 1. The lowest BCUT2D eigenvalue weighted by Gasteiger charge is -2.14. The normalized spacial score (nSPS) is 11.4. The highest BCUT2D eigenvalue weighted by atomic mass is 32.2. The number of fused-ring (bicyclic) bond motifs is 1. The van der Waals surface area contributed by atoms with E-state index in [0.717, 1.165) is 16.3 Å². The Hall–Kier alpha value is -4.64. The summed E-state index contributed by atoms with van der Waals surface area (Å²) >= 11 is 1.47. The summed E-state index contributed by atoms with van der Waals surface area (Å²) in [6.45, 7) is 6.23. The molecule has 2 N–H and O–H groups in total. The zero-order chi connectivity index (χ0) is 28.4. The van der Waals surface area contributed by atoms with Crippen LogP contribution in [0.25, 0.3) is 16.9 Å². The molecule has 2 amide bonds.